The maximum absolute atomic E-state index is 6.25. The molecule has 4 aromatic rings. The van der Waals surface area contributed by atoms with E-state index in [4.69, 9.17) is 9.15 Å². The second-order valence-electron chi connectivity index (χ2n) is 8.08. The van der Waals surface area contributed by atoms with Crippen LogP contribution in [0, 0.1) is 20.8 Å². The zero-order valence-corrected chi connectivity index (χ0v) is 17.8. The minimum absolute atomic E-state index is 0.176. The fraction of sp³-hybridized carbons (Fsp3) is 0.280. The molecule has 0 saturated heterocycles. The fourth-order valence-corrected chi connectivity index (χ4v) is 4.71. The molecule has 1 atom stereocenters. The van der Waals surface area contributed by atoms with Gasteiger partial charge in [0.15, 0.2) is 0 Å². The summed E-state index contributed by atoms with van der Waals surface area (Å²) in [6.45, 7) is 8.60. The predicted molar refractivity (Wildman–Crippen MR) is 121 cm³/mol. The number of rotatable bonds is 2. The van der Waals surface area contributed by atoms with Gasteiger partial charge < -0.3 is 19.0 Å². The molecule has 1 aliphatic heterocycles. The third kappa shape index (κ3) is 2.38. The third-order valence-corrected chi connectivity index (χ3v) is 6.31. The van der Waals surface area contributed by atoms with Crippen molar-refractivity contribution in [2.24, 2.45) is 0 Å². The number of methoxy groups -OCH3 is 1. The number of nitrogens with zero attached hydrogens (tertiary/aromatic N) is 2. The first kappa shape index (κ1) is 17.9. The van der Waals surface area contributed by atoms with Crippen LogP contribution in [0.15, 0.2) is 46.9 Å². The highest BCUT2D eigenvalue weighted by Crippen LogP contribution is 2.51. The highest BCUT2D eigenvalue weighted by Gasteiger charge is 2.35. The Morgan fingerprint density at radius 1 is 1.00 bits per heavy atom. The molecule has 4 nitrogen and oxygen atoms in total. The van der Waals surface area contributed by atoms with Gasteiger partial charge in [0.25, 0.3) is 0 Å². The molecule has 29 heavy (non-hydrogen) atoms. The number of aryl methyl sites for hydroxylation is 2. The SMILES string of the molecule is COc1cc(C)cc(N2c3ccc4oc5c(C)cccc5c4c3N(C)[C@@H]2C)c1C. The van der Waals surface area contributed by atoms with Crippen LogP contribution in [0.25, 0.3) is 21.9 Å². The number of furan rings is 1. The lowest BCUT2D eigenvalue weighted by Gasteiger charge is -2.29. The van der Waals surface area contributed by atoms with Crippen LogP contribution in [0.2, 0.25) is 0 Å². The summed E-state index contributed by atoms with van der Waals surface area (Å²) >= 11 is 0. The van der Waals surface area contributed by atoms with E-state index in [1.807, 2.05) is 0 Å². The van der Waals surface area contributed by atoms with Gasteiger partial charge in [-0.1, -0.05) is 18.2 Å². The van der Waals surface area contributed by atoms with Crippen LogP contribution in [-0.2, 0) is 0 Å². The van der Waals surface area contributed by atoms with E-state index >= 15 is 0 Å². The molecule has 0 amide bonds. The lowest BCUT2D eigenvalue weighted by atomic mass is 10.1. The molecule has 0 N–H and O–H groups in total. The number of para-hydroxylation sites is 1. The van der Waals surface area contributed by atoms with Gasteiger partial charge in [-0.05, 0) is 63.1 Å². The van der Waals surface area contributed by atoms with Crippen molar-refractivity contribution < 1.29 is 9.15 Å². The molecule has 5 rings (SSSR count). The minimum Gasteiger partial charge on any atom is -0.496 e. The Morgan fingerprint density at radius 2 is 1.79 bits per heavy atom. The monoisotopic (exact) mass is 386 g/mol. The Hall–Kier alpha value is -3.14. The molecule has 0 fully saturated rings. The molecule has 0 bridgehead atoms. The Labute approximate surface area is 171 Å². The molecule has 4 heteroatoms. The van der Waals surface area contributed by atoms with Crippen molar-refractivity contribution in [3.63, 3.8) is 0 Å². The highest BCUT2D eigenvalue weighted by molar-refractivity contribution is 6.16. The molecule has 0 aliphatic carbocycles. The lowest BCUT2D eigenvalue weighted by molar-refractivity contribution is 0.411. The largest absolute Gasteiger partial charge is 0.496 e. The van der Waals surface area contributed by atoms with E-state index in [1.165, 1.54) is 33.4 Å². The summed E-state index contributed by atoms with van der Waals surface area (Å²) in [5.74, 6) is 0.925. The third-order valence-electron chi connectivity index (χ3n) is 6.31. The van der Waals surface area contributed by atoms with Crippen LogP contribution in [0.5, 0.6) is 5.75 Å². The van der Waals surface area contributed by atoms with E-state index in [9.17, 15) is 0 Å². The van der Waals surface area contributed by atoms with Gasteiger partial charge in [0, 0.05) is 23.7 Å². The van der Waals surface area contributed by atoms with Crippen molar-refractivity contribution in [2.75, 3.05) is 24.0 Å². The van der Waals surface area contributed by atoms with E-state index < -0.39 is 0 Å². The van der Waals surface area contributed by atoms with Gasteiger partial charge in [-0.3, -0.25) is 0 Å². The van der Waals surface area contributed by atoms with Gasteiger partial charge in [0.2, 0.25) is 0 Å². The van der Waals surface area contributed by atoms with Crippen LogP contribution in [0.1, 0.15) is 23.6 Å². The smallest absolute Gasteiger partial charge is 0.138 e. The number of hydrogen-bond donors (Lipinski definition) is 0. The zero-order valence-electron chi connectivity index (χ0n) is 17.8. The Morgan fingerprint density at radius 3 is 2.55 bits per heavy atom. The Bertz CT molecular complexity index is 1270. The number of hydrogen-bond acceptors (Lipinski definition) is 4. The van der Waals surface area contributed by atoms with Crippen molar-refractivity contribution in [1.29, 1.82) is 0 Å². The van der Waals surface area contributed by atoms with Gasteiger partial charge in [0.1, 0.15) is 23.1 Å². The molecule has 0 unspecified atom stereocenters. The lowest BCUT2D eigenvalue weighted by Crippen LogP contribution is -2.36. The van der Waals surface area contributed by atoms with Crippen LogP contribution >= 0.6 is 0 Å². The summed E-state index contributed by atoms with van der Waals surface area (Å²) < 4.78 is 11.9. The molecule has 148 valence electrons. The normalized spacial score (nSPS) is 16.1. The van der Waals surface area contributed by atoms with Crippen LogP contribution in [-0.4, -0.2) is 20.3 Å². The van der Waals surface area contributed by atoms with E-state index in [1.54, 1.807) is 7.11 Å². The summed E-state index contributed by atoms with van der Waals surface area (Å²) in [6.07, 6.45) is 0.176. The first-order valence-corrected chi connectivity index (χ1v) is 10.0. The van der Waals surface area contributed by atoms with Crippen LogP contribution in [0.3, 0.4) is 0 Å². The number of benzene rings is 3. The first-order chi connectivity index (χ1) is 13.9. The Kier molecular flexibility index (Phi) is 3.82. The van der Waals surface area contributed by atoms with Crippen LogP contribution in [0.4, 0.5) is 17.1 Å². The molecule has 3 aromatic carbocycles. The second kappa shape index (κ2) is 6.18. The summed E-state index contributed by atoms with van der Waals surface area (Å²) in [4.78, 5) is 4.76. The number of fused-ring (bicyclic) bond motifs is 5. The standard InChI is InChI=1S/C25H26N2O2/c1-14-12-20(16(3)22(13-14)28-6)27-17(4)26(5)24-19(27)10-11-21-23(24)18-9-7-8-15(2)25(18)29-21/h7-13,17H,1-6H3/t17-/m0/s1. The van der Waals surface area contributed by atoms with E-state index in [-0.39, 0.29) is 6.17 Å². The molecule has 0 spiro atoms. The van der Waals surface area contributed by atoms with E-state index in [0.29, 0.717) is 0 Å². The molecule has 1 aliphatic rings. The molecule has 0 saturated carbocycles. The van der Waals surface area contributed by atoms with Crippen LogP contribution < -0.4 is 14.5 Å². The summed E-state index contributed by atoms with van der Waals surface area (Å²) in [6, 6.07) is 15.0. The van der Waals surface area contributed by atoms with E-state index in [2.05, 4.69) is 87.0 Å². The van der Waals surface area contributed by atoms with Gasteiger partial charge in [-0.25, -0.2) is 0 Å². The average Bonchev–Trinajstić information content (AvgIpc) is 3.20. The van der Waals surface area contributed by atoms with Crippen molar-refractivity contribution >= 4 is 39.0 Å². The predicted octanol–water partition coefficient (Wildman–Crippen LogP) is 6.45. The highest BCUT2D eigenvalue weighted by atomic mass is 16.5. The molecule has 0 radical (unpaired) electrons. The average molecular weight is 386 g/mol. The van der Waals surface area contributed by atoms with Gasteiger partial charge >= 0.3 is 0 Å². The number of ether oxygens (including phenoxy) is 1. The zero-order chi connectivity index (χ0) is 20.4. The second-order valence-corrected chi connectivity index (χ2v) is 8.08. The van der Waals surface area contributed by atoms with Crippen molar-refractivity contribution in [3.05, 3.63) is 59.2 Å². The van der Waals surface area contributed by atoms with Crippen molar-refractivity contribution in [3.8, 4) is 5.75 Å². The van der Waals surface area contributed by atoms with E-state index in [0.717, 1.165) is 28.0 Å². The molecular weight excluding hydrogens is 360 g/mol. The fourth-order valence-electron chi connectivity index (χ4n) is 4.71. The maximum Gasteiger partial charge on any atom is 0.138 e. The van der Waals surface area contributed by atoms with Gasteiger partial charge in [-0.15, -0.1) is 0 Å². The summed E-state index contributed by atoms with van der Waals surface area (Å²) in [5.41, 5.74) is 9.03. The maximum atomic E-state index is 6.25. The molecule has 1 aromatic heterocycles. The van der Waals surface area contributed by atoms with Crippen molar-refractivity contribution in [1.82, 2.24) is 0 Å². The molecule has 2 heterocycles. The topological polar surface area (TPSA) is 28.9 Å². The van der Waals surface area contributed by atoms with Gasteiger partial charge in [0.05, 0.1) is 23.9 Å². The minimum atomic E-state index is 0.176. The Balaban J connectivity index is 1.82. The molecular formula is C25H26N2O2. The number of anilines is 3. The van der Waals surface area contributed by atoms with Crippen molar-refractivity contribution in [2.45, 2.75) is 33.9 Å². The summed E-state index contributed by atoms with van der Waals surface area (Å²) in [7, 11) is 3.91. The summed E-state index contributed by atoms with van der Waals surface area (Å²) in [5, 5.41) is 2.37. The first-order valence-electron chi connectivity index (χ1n) is 10.0. The quantitative estimate of drug-likeness (QED) is 0.396. The van der Waals surface area contributed by atoms with Gasteiger partial charge in [-0.2, -0.15) is 0 Å².